The van der Waals surface area contributed by atoms with Gasteiger partial charge in [0.15, 0.2) is 5.75 Å². The topological polar surface area (TPSA) is 53.2 Å². The molecule has 0 spiro atoms. The van der Waals surface area contributed by atoms with Crippen LogP contribution in [0.5, 0.6) is 11.5 Å². The smallest absolute Gasteiger partial charge is 0.292 e. The summed E-state index contributed by atoms with van der Waals surface area (Å²) >= 11 is 3.20. The monoisotopic (exact) mass is 227 g/mol. The molecule has 1 aromatic rings. The molecule has 0 unspecified atom stereocenters. The van der Waals surface area contributed by atoms with Gasteiger partial charge in [0, 0.05) is 5.56 Å². The normalized spacial score (nSPS) is 9.08. The Kier molecular flexibility index (Phi) is 2.56. The van der Waals surface area contributed by atoms with Gasteiger partial charge in [-0.3, -0.25) is 0 Å². The van der Waals surface area contributed by atoms with E-state index in [1.807, 2.05) is 0 Å². The summed E-state index contributed by atoms with van der Waals surface area (Å²) in [6.45, 7) is 1.73. The van der Waals surface area contributed by atoms with Crippen LogP contribution in [0.3, 0.4) is 0 Å². The zero-order valence-electron chi connectivity index (χ0n) is 6.34. The van der Waals surface area contributed by atoms with Gasteiger partial charge in [-0.2, -0.15) is 0 Å². The van der Waals surface area contributed by atoms with Crippen LogP contribution in [-0.2, 0) is 0 Å². The van der Waals surface area contributed by atoms with E-state index in [1.165, 1.54) is 12.1 Å². The maximum absolute atomic E-state index is 9.22. The first-order chi connectivity index (χ1) is 5.66. The van der Waals surface area contributed by atoms with Gasteiger partial charge >= 0.3 is 0 Å². The Labute approximate surface area is 78.3 Å². The number of halogens is 1. The zero-order valence-corrected chi connectivity index (χ0v) is 7.92. The van der Waals surface area contributed by atoms with Crippen LogP contribution in [0.25, 0.3) is 0 Å². The van der Waals surface area contributed by atoms with Gasteiger partial charge in [0.05, 0.1) is 4.47 Å². The summed E-state index contributed by atoms with van der Waals surface area (Å²) in [6, 6.07) is 3.00. The highest BCUT2D eigenvalue weighted by atomic mass is 79.9. The molecule has 3 nitrogen and oxygen atoms in total. The third-order valence-corrected chi connectivity index (χ3v) is 2.46. The molecule has 62 valence electrons. The molecule has 4 heteroatoms. The van der Waals surface area contributed by atoms with E-state index >= 15 is 0 Å². The van der Waals surface area contributed by atoms with Crippen LogP contribution in [0.1, 0.15) is 5.56 Å². The van der Waals surface area contributed by atoms with Gasteiger partial charge in [-0.05, 0) is 35.0 Å². The minimum Gasteiger partial charge on any atom is -0.508 e. The molecule has 0 radical (unpaired) electrons. The minimum atomic E-state index is 0.173. The van der Waals surface area contributed by atoms with Crippen LogP contribution in [0.15, 0.2) is 16.6 Å². The molecule has 0 aromatic heterocycles. The second-order valence-electron chi connectivity index (χ2n) is 2.22. The number of nitriles is 1. The fourth-order valence-corrected chi connectivity index (χ4v) is 1.19. The Balaban J connectivity index is 3.19. The first-order valence-corrected chi connectivity index (χ1v) is 4.00. The molecule has 0 heterocycles. The van der Waals surface area contributed by atoms with E-state index < -0.39 is 0 Å². The van der Waals surface area contributed by atoms with Crippen molar-refractivity contribution in [3.05, 3.63) is 22.2 Å². The molecule has 0 atom stereocenters. The third-order valence-electron chi connectivity index (χ3n) is 1.48. The van der Waals surface area contributed by atoms with Crippen molar-refractivity contribution in [2.24, 2.45) is 0 Å². The van der Waals surface area contributed by atoms with Gasteiger partial charge in [0.25, 0.3) is 6.26 Å². The lowest BCUT2D eigenvalue weighted by Crippen LogP contribution is -1.86. The van der Waals surface area contributed by atoms with Gasteiger partial charge in [0.2, 0.25) is 0 Å². The fourth-order valence-electron chi connectivity index (χ4n) is 0.778. The van der Waals surface area contributed by atoms with Crippen molar-refractivity contribution in [3.63, 3.8) is 0 Å². The average molecular weight is 228 g/mol. The van der Waals surface area contributed by atoms with Crippen molar-refractivity contribution in [3.8, 4) is 17.8 Å². The maximum Gasteiger partial charge on any atom is 0.292 e. The molecule has 0 saturated heterocycles. The standard InChI is InChI=1S/C8H6BrNO2/c1-5-6(11)2-3-7(8(5)9)12-4-10/h2-3,11H,1H3. The number of phenols is 1. The quantitative estimate of drug-likeness (QED) is 0.750. The third kappa shape index (κ3) is 1.51. The summed E-state index contributed by atoms with van der Waals surface area (Å²) in [5, 5.41) is 17.5. The van der Waals surface area contributed by atoms with Crippen molar-refractivity contribution >= 4 is 15.9 Å². The van der Waals surface area contributed by atoms with E-state index in [4.69, 9.17) is 5.26 Å². The van der Waals surface area contributed by atoms with Crippen molar-refractivity contribution < 1.29 is 9.84 Å². The van der Waals surface area contributed by atoms with Crippen LogP contribution in [-0.4, -0.2) is 5.11 Å². The van der Waals surface area contributed by atoms with E-state index in [-0.39, 0.29) is 5.75 Å². The van der Waals surface area contributed by atoms with Crippen molar-refractivity contribution in [1.29, 1.82) is 5.26 Å². The van der Waals surface area contributed by atoms with E-state index in [2.05, 4.69) is 20.7 Å². The molecule has 1 N–H and O–H groups in total. The lowest BCUT2D eigenvalue weighted by Gasteiger charge is -2.04. The highest BCUT2D eigenvalue weighted by Crippen LogP contribution is 2.33. The fraction of sp³-hybridized carbons (Fsp3) is 0.125. The Morgan fingerprint density at radius 3 is 2.83 bits per heavy atom. The number of phenolic OH excluding ortho intramolecular Hbond substituents is 1. The van der Waals surface area contributed by atoms with Gasteiger partial charge < -0.3 is 9.84 Å². The highest BCUT2D eigenvalue weighted by molar-refractivity contribution is 9.10. The van der Waals surface area contributed by atoms with Crippen molar-refractivity contribution in [1.82, 2.24) is 0 Å². The van der Waals surface area contributed by atoms with Crippen LogP contribution >= 0.6 is 15.9 Å². The number of rotatable bonds is 1. The second-order valence-corrected chi connectivity index (χ2v) is 3.01. The molecule has 1 aromatic carbocycles. The van der Waals surface area contributed by atoms with Crippen LogP contribution in [0, 0.1) is 18.4 Å². The first kappa shape index (κ1) is 8.88. The van der Waals surface area contributed by atoms with Gasteiger partial charge in [0.1, 0.15) is 5.75 Å². The second kappa shape index (κ2) is 3.46. The van der Waals surface area contributed by atoms with E-state index in [0.29, 0.717) is 15.8 Å². The van der Waals surface area contributed by atoms with Gasteiger partial charge in [-0.1, -0.05) is 0 Å². The molecule has 0 bridgehead atoms. The Morgan fingerprint density at radius 2 is 2.25 bits per heavy atom. The molecule has 1 rings (SSSR count). The molecule has 0 aliphatic heterocycles. The van der Waals surface area contributed by atoms with E-state index in [0.717, 1.165) is 0 Å². The number of nitrogens with zero attached hydrogens (tertiary/aromatic N) is 1. The summed E-state index contributed by atoms with van der Waals surface area (Å²) in [6.07, 6.45) is 1.56. The van der Waals surface area contributed by atoms with Gasteiger partial charge in [-0.15, -0.1) is 5.26 Å². The minimum absolute atomic E-state index is 0.173. The number of benzene rings is 1. The summed E-state index contributed by atoms with van der Waals surface area (Å²) in [4.78, 5) is 0. The van der Waals surface area contributed by atoms with Crippen LogP contribution < -0.4 is 4.74 Å². The number of ether oxygens (including phenoxy) is 1. The largest absolute Gasteiger partial charge is 0.508 e. The SMILES string of the molecule is Cc1c(O)ccc(OC#N)c1Br. The summed E-state index contributed by atoms with van der Waals surface area (Å²) in [7, 11) is 0. The zero-order chi connectivity index (χ0) is 9.14. The summed E-state index contributed by atoms with van der Waals surface area (Å²) in [5.41, 5.74) is 0.655. The molecule has 0 aliphatic carbocycles. The number of aromatic hydroxyl groups is 1. The molecule has 0 amide bonds. The van der Waals surface area contributed by atoms with E-state index in [9.17, 15) is 5.11 Å². The van der Waals surface area contributed by atoms with Crippen molar-refractivity contribution in [2.45, 2.75) is 6.92 Å². The number of hydrogen-bond acceptors (Lipinski definition) is 3. The Bertz CT molecular complexity index is 344. The summed E-state index contributed by atoms with van der Waals surface area (Å²) in [5.74, 6) is 0.583. The highest BCUT2D eigenvalue weighted by Gasteiger charge is 2.07. The predicted molar refractivity (Wildman–Crippen MR) is 46.8 cm³/mol. The average Bonchev–Trinajstić information content (AvgIpc) is 2.07. The first-order valence-electron chi connectivity index (χ1n) is 3.21. The Morgan fingerprint density at radius 1 is 1.58 bits per heavy atom. The van der Waals surface area contributed by atoms with Crippen molar-refractivity contribution in [2.75, 3.05) is 0 Å². The van der Waals surface area contributed by atoms with Crippen LogP contribution in [0.2, 0.25) is 0 Å². The van der Waals surface area contributed by atoms with E-state index in [1.54, 1.807) is 13.2 Å². The maximum atomic E-state index is 9.22. The lowest BCUT2D eigenvalue weighted by molar-refractivity contribution is 0.464. The molecular formula is C8H6BrNO2. The summed E-state index contributed by atoms with van der Waals surface area (Å²) < 4.78 is 5.22. The lowest BCUT2D eigenvalue weighted by atomic mass is 10.2. The molecule has 0 aliphatic rings. The molecule has 0 saturated carbocycles. The predicted octanol–water partition coefficient (Wildman–Crippen LogP) is 2.32. The number of hydrogen-bond donors (Lipinski definition) is 1. The molecule has 12 heavy (non-hydrogen) atoms. The van der Waals surface area contributed by atoms with Gasteiger partial charge in [-0.25, -0.2) is 0 Å². The molecule has 0 fully saturated rings. The molecular weight excluding hydrogens is 222 g/mol. The van der Waals surface area contributed by atoms with Crippen LogP contribution in [0.4, 0.5) is 0 Å². The Hall–Kier alpha value is -1.21.